The van der Waals surface area contributed by atoms with E-state index >= 15 is 0 Å². The van der Waals surface area contributed by atoms with Gasteiger partial charge in [0.1, 0.15) is 23.1 Å². The maximum Gasteiger partial charge on any atom is 0.162 e. The number of rotatable bonds is 6. The first-order valence-electron chi connectivity index (χ1n) is 7.32. The molecule has 0 atom stereocenters. The zero-order valence-corrected chi connectivity index (χ0v) is 13.7. The Morgan fingerprint density at radius 3 is 2.60 bits per heavy atom. The third-order valence-electron chi connectivity index (χ3n) is 3.36. The first-order chi connectivity index (χ1) is 12.0. The van der Waals surface area contributed by atoms with Gasteiger partial charge in [0, 0.05) is 29.6 Å². The van der Waals surface area contributed by atoms with Crippen LogP contribution in [-0.2, 0) is 17.6 Å². The van der Waals surface area contributed by atoms with Gasteiger partial charge >= 0.3 is 0 Å². The minimum atomic E-state index is -1.05. The average Bonchev–Trinajstić information content (AvgIpc) is 3.06. The number of ether oxygens (including phenoxy) is 1. The highest BCUT2D eigenvalue weighted by molar-refractivity contribution is 7.09. The Kier molecular flexibility index (Phi) is 5.14. The van der Waals surface area contributed by atoms with E-state index in [1.807, 2.05) is 0 Å². The molecule has 3 aromatic rings. The molecular formula is C18H12F3NO2S. The van der Waals surface area contributed by atoms with Gasteiger partial charge in [-0.3, -0.25) is 4.79 Å². The van der Waals surface area contributed by atoms with Crippen LogP contribution < -0.4 is 4.74 Å². The van der Waals surface area contributed by atoms with Crippen LogP contribution in [-0.4, -0.2) is 10.8 Å². The number of carbonyl (C=O) groups is 1. The summed E-state index contributed by atoms with van der Waals surface area (Å²) in [4.78, 5) is 16.2. The molecule has 3 nitrogen and oxygen atoms in total. The molecule has 7 heteroatoms. The number of aromatic nitrogens is 1. The first kappa shape index (κ1) is 17.2. The number of nitrogens with zero attached hydrogens (tertiary/aromatic N) is 1. The van der Waals surface area contributed by atoms with E-state index in [1.165, 1.54) is 35.6 Å². The van der Waals surface area contributed by atoms with Crippen molar-refractivity contribution in [1.29, 1.82) is 0 Å². The second-order valence-corrected chi connectivity index (χ2v) is 6.23. The molecule has 0 spiro atoms. The molecule has 0 N–H and O–H groups in total. The molecule has 2 aromatic carbocycles. The van der Waals surface area contributed by atoms with Crippen LogP contribution in [0.2, 0.25) is 0 Å². The molecule has 1 aromatic heterocycles. The quantitative estimate of drug-likeness (QED) is 0.637. The van der Waals surface area contributed by atoms with Crippen LogP contribution in [0.1, 0.15) is 10.6 Å². The number of Topliss-reactive ketones (excluding diaryl/α,β-unsaturated/α-hetero) is 1. The van der Waals surface area contributed by atoms with Crippen molar-refractivity contribution in [3.63, 3.8) is 0 Å². The van der Waals surface area contributed by atoms with Crippen molar-refractivity contribution in [3.05, 3.63) is 76.0 Å². The van der Waals surface area contributed by atoms with Gasteiger partial charge in [0.05, 0.1) is 11.4 Å². The Morgan fingerprint density at radius 2 is 1.88 bits per heavy atom. The summed E-state index contributed by atoms with van der Waals surface area (Å²) in [5, 5.41) is 2.44. The predicted molar refractivity (Wildman–Crippen MR) is 87.4 cm³/mol. The monoisotopic (exact) mass is 363 g/mol. The molecule has 0 aliphatic rings. The van der Waals surface area contributed by atoms with E-state index in [0.717, 1.165) is 12.1 Å². The van der Waals surface area contributed by atoms with E-state index < -0.39 is 17.5 Å². The molecule has 3 rings (SSSR count). The second kappa shape index (κ2) is 7.48. The Hall–Kier alpha value is -2.67. The maximum absolute atomic E-state index is 13.5. The summed E-state index contributed by atoms with van der Waals surface area (Å²) in [6.07, 6.45) is 1.68. The first-order valence-corrected chi connectivity index (χ1v) is 8.20. The predicted octanol–water partition coefficient (Wildman–Crippen LogP) is 4.71. The number of thiazole rings is 1. The third kappa shape index (κ3) is 4.45. The Bertz CT molecular complexity index is 897. The van der Waals surface area contributed by atoms with Crippen molar-refractivity contribution in [1.82, 2.24) is 4.98 Å². The Balaban J connectivity index is 1.79. The highest BCUT2D eigenvalue weighted by Gasteiger charge is 2.14. The van der Waals surface area contributed by atoms with Crippen molar-refractivity contribution in [2.45, 2.75) is 12.8 Å². The zero-order valence-electron chi connectivity index (χ0n) is 12.8. The fourth-order valence-corrected chi connectivity index (χ4v) is 2.88. The van der Waals surface area contributed by atoms with E-state index in [-0.39, 0.29) is 30.1 Å². The van der Waals surface area contributed by atoms with E-state index in [1.54, 1.807) is 11.6 Å². The van der Waals surface area contributed by atoms with Gasteiger partial charge in [-0.25, -0.2) is 18.2 Å². The lowest BCUT2D eigenvalue weighted by molar-refractivity contribution is -0.117. The van der Waals surface area contributed by atoms with Crippen molar-refractivity contribution in [3.8, 4) is 11.5 Å². The van der Waals surface area contributed by atoms with Gasteiger partial charge in [-0.1, -0.05) is 0 Å². The number of hydrogen-bond acceptors (Lipinski definition) is 4. The number of hydrogen-bond donors (Lipinski definition) is 0. The lowest BCUT2D eigenvalue weighted by Crippen LogP contribution is -2.07. The van der Waals surface area contributed by atoms with Gasteiger partial charge in [-0.05, 0) is 30.3 Å². The summed E-state index contributed by atoms with van der Waals surface area (Å²) >= 11 is 1.36. The standard InChI is InChI=1S/C18H12F3NO2S/c19-12-1-4-17(24-14-2-3-15(20)16(21)10-14)11(7-12)8-13(23)9-18-22-5-6-25-18/h1-7,10H,8-9H2. The van der Waals surface area contributed by atoms with Gasteiger partial charge < -0.3 is 4.74 Å². The lowest BCUT2D eigenvalue weighted by Gasteiger charge is -2.11. The van der Waals surface area contributed by atoms with Crippen molar-refractivity contribution in [2.24, 2.45) is 0 Å². The molecule has 0 amide bonds. The number of carbonyl (C=O) groups excluding carboxylic acids is 1. The van der Waals surface area contributed by atoms with Gasteiger partial charge in [-0.15, -0.1) is 11.3 Å². The molecule has 0 bridgehead atoms. The average molecular weight is 363 g/mol. The Morgan fingerprint density at radius 1 is 1.04 bits per heavy atom. The molecule has 0 saturated heterocycles. The molecule has 1 heterocycles. The van der Waals surface area contributed by atoms with Crippen LogP contribution in [0.5, 0.6) is 11.5 Å². The third-order valence-corrected chi connectivity index (χ3v) is 4.14. The highest BCUT2D eigenvalue weighted by Crippen LogP contribution is 2.28. The summed E-state index contributed by atoms with van der Waals surface area (Å²) in [5.74, 6) is -2.46. The van der Waals surface area contributed by atoms with Crippen LogP contribution in [0, 0.1) is 17.5 Å². The van der Waals surface area contributed by atoms with Gasteiger partial charge in [0.2, 0.25) is 0 Å². The Labute approximate surface area is 145 Å². The summed E-state index contributed by atoms with van der Waals surface area (Å²) in [5.41, 5.74) is 0.325. The molecule has 25 heavy (non-hydrogen) atoms. The molecule has 0 radical (unpaired) electrons. The summed E-state index contributed by atoms with van der Waals surface area (Å²) < 4.78 is 45.3. The highest BCUT2D eigenvalue weighted by atomic mass is 32.1. The molecular weight excluding hydrogens is 351 g/mol. The largest absolute Gasteiger partial charge is 0.457 e. The van der Waals surface area contributed by atoms with E-state index in [9.17, 15) is 18.0 Å². The normalized spacial score (nSPS) is 10.7. The maximum atomic E-state index is 13.5. The smallest absolute Gasteiger partial charge is 0.162 e. The van der Waals surface area contributed by atoms with Gasteiger partial charge in [-0.2, -0.15) is 0 Å². The van der Waals surface area contributed by atoms with E-state index in [4.69, 9.17) is 4.74 Å². The van der Waals surface area contributed by atoms with Gasteiger partial charge in [0.25, 0.3) is 0 Å². The summed E-state index contributed by atoms with van der Waals surface area (Å²) in [6, 6.07) is 6.78. The zero-order chi connectivity index (χ0) is 17.8. The fourth-order valence-electron chi connectivity index (χ4n) is 2.24. The molecule has 0 aliphatic heterocycles. The minimum absolute atomic E-state index is 0.0548. The van der Waals surface area contributed by atoms with Crippen LogP contribution >= 0.6 is 11.3 Å². The van der Waals surface area contributed by atoms with Crippen molar-refractivity contribution < 1.29 is 22.7 Å². The van der Waals surface area contributed by atoms with Crippen LogP contribution in [0.4, 0.5) is 13.2 Å². The second-order valence-electron chi connectivity index (χ2n) is 5.25. The molecule has 0 fully saturated rings. The fraction of sp³-hybridized carbons (Fsp3) is 0.111. The molecule has 0 unspecified atom stereocenters. The van der Waals surface area contributed by atoms with E-state index in [0.29, 0.717) is 10.6 Å². The molecule has 128 valence electrons. The number of ketones is 1. The van der Waals surface area contributed by atoms with Crippen LogP contribution in [0.3, 0.4) is 0 Å². The topological polar surface area (TPSA) is 39.2 Å². The number of benzene rings is 2. The van der Waals surface area contributed by atoms with Crippen LogP contribution in [0.25, 0.3) is 0 Å². The van der Waals surface area contributed by atoms with Gasteiger partial charge in [0.15, 0.2) is 11.6 Å². The number of halogens is 3. The minimum Gasteiger partial charge on any atom is -0.457 e. The SMILES string of the molecule is O=C(Cc1nccs1)Cc1cc(F)ccc1Oc1ccc(F)c(F)c1. The lowest BCUT2D eigenvalue weighted by atomic mass is 10.1. The van der Waals surface area contributed by atoms with Crippen molar-refractivity contribution in [2.75, 3.05) is 0 Å². The molecule has 0 aliphatic carbocycles. The summed E-state index contributed by atoms with van der Waals surface area (Å²) in [6.45, 7) is 0. The summed E-state index contributed by atoms with van der Waals surface area (Å²) in [7, 11) is 0. The molecule has 0 saturated carbocycles. The van der Waals surface area contributed by atoms with E-state index in [2.05, 4.69) is 4.98 Å². The van der Waals surface area contributed by atoms with Crippen LogP contribution in [0.15, 0.2) is 48.0 Å². The van der Waals surface area contributed by atoms with Crippen molar-refractivity contribution >= 4 is 17.1 Å².